The number of carbonyl (C=O) groups is 2. The second-order valence-corrected chi connectivity index (χ2v) is 6.52. The Labute approximate surface area is 167 Å². The van der Waals surface area contributed by atoms with Crippen LogP contribution in [-0.4, -0.2) is 41.9 Å². The predicted molar refractivity (Wildman–Crippen MR) is 104 cm³/mol. The van der Waals surface area contributed by atoms with Crippen molar-refractivity contribution in [2.45, 2.75) is 25.3 Å². The summed E-state index contributed by atoms with van der Waals surface area (Å²) in [7, 11) is 3.07. The molecule has 0 fully saturated rings. The van der Waals surface area contributed by atoms with Gasteiger partial charge in [0, 0.05) is 18.4 Å². The first-order valence-corrected chi connectivity index (χ1v) is 9.02. The second kappa shape index (κ2) is 8.72. The topological polar surface area (TPSA) is 88.4 Å². The van der Waals surface area contributed by atoms with E-state index in [1.54, 1.807) is 24.3 Å². The lowest BCUT2D eigenvalue weighted by Crippen LogP contribution is -2.27. The van der Waals surface area contributed by atoms with E-state index in [0.717, 1.165) is 5.56 Å². The Balaban J connectivity index is 1.94. The third kappa shape index (κ3) is 4.53. The maximum Gasteiger partial charge on any atom is 0.303 e. The molecule has 1 aliphatic heterocycles. The van der Waals surface area contributed by atoms with Gasteiger partial charge in [-0.25, -0.2) is 9.40 Å². The number of carboxylic acids is 1. The minimum absolute atomic E-state index is 0.171. The molecular weight excluding hydrogens is 379 g/mol. The summed E-state index contributed by atoms with van der Waals surface area (Å²) < 4.78 is 23.9. The largest absolute Gasteiger partial charge is 0.493 e. The molecule has 3 rings (SSSR count). The first-order chi connectivity index (χ1) is 13.9. The number of carbonyl (C=O) groups excluding carboxylic acids is 1. The summed E-state index contributed by atoms with van der Waals surface area (Å²) in [6.45, 7) is 0. The van der Waals surface area contributed by atoms with Crippen LogP contribution in [0.2, 0.25) is 0 Å². The third-order valence-electron chi connectivity index (χ3n) is 4.69. The number of benzene rings is 2. The zero-order valence-corrected chi connectivity index (χ0v) is 16.1. The van der Waals surface area contributed by atoms with Crippen LogP contribution >= 0.6 is 0 Å². The van der Waals surface area contributed by atoms with Crippen molar-refractivity contribution in [2.24, 2.45) is 5.10 Å². The molecule has 7 nitrogen and oxygen atoms in total. The standard InChI is InChI=1S/C21H21FN2O5/c1-28-18-8-5-14(11-19(18)29-2)16-12-17(13-3-6-15(22)7-4-13)24(23-16)20(25)9-10-21(26)27/h3-8,11,17H,9-10,12H2,1-2H3,(H,26,27)/t17-/m1/s1. The fraction of sp³-hybridized carbons (Fsp3) is 0.286. The molecule has 2 aromatic carbocycles. The van der Waals surface area contributed by atoms with E-state index < -0.39 is 17.9 Å². The van der Waals surface area contributed by atoms with Crippen molar-refractivity contribution in [2.75, 3.05) is 14.2 Å². The molecule has 8 heteroatoms. The average Bonchev–Trinajstić information content (AvgIpc) is 3.17. The molecule has 0 aliphatic carbocycles. The number of ether oxygens (including phenoxy) is 2. The lowest BCUT2D eigenvalue weighted by Gasteiger charge is -2.21. The smallest absolute Gasteiger partial charge is 0.303 e. The highest BCUT2D eigenvalue weighted by Crippen LogP contribution is 2.35. The number of halogens is 1. The van der Waals surface area contributed by atoms with Gasteiger partial charge in [0.1, 0.15) is 5.82 Å². The molecule has 1 atom stereocenters. The van der Waals surface area contributed by atoms with Crippen molar-refractivity contribution < 1.29 is 28.6 Å². The predicted octanol–water partition coefficient (Wildman–Crippen LogP) is 3.39. The SMILES string of the molecule is COc1ccc(C2=NN(C(=O)CCC(=O)O)[C@@H](c3ccc(F)cc3)C2)cc1OC. The minimum Gasteiger partial charge on any atom is -0.493 e. The molecule has 1 amide bonds. The fourth-order valence-electron chi connectivity index (χ4n) is 3.20. The van der Waals surface area contributed by atoms with Crippen LogP contribution in [0.1, 0.15) is 36.4 Å². The number of amides is 1. The molecule has 152 valence electrons. The molecule has 1 heterocycles. The first-order valence-electron chi connectivity index (χ1n) is 9.02. The van der Waals surface area contributed by atoms with Crippen molar-refractivity contribution in [3.63, 3.8) is 0 Å². The highest BCUT2D eigenvalue weighted by atomic mass is 19.1. The average molecular weight is 400 g/mol. The van der Waals surface area contributed by atoms with Crippen LogP contribution in [0.3, 0.4) is 0 Å². The molecule has 0 bridgehead atoms. The number of hydrogen-bond donors (Lipinski definition) is 1. The van der Waals surface area contributed by atoms with E-state index in [1.165, 1.54) is 31.4 Å². The Morgan fingerprint density at radius 1 is 1.10 bits per heavy atom. The van der Waals surface area contributed by atoms with Crippen LogP contribution in [0.15, 0.2) is 47.6 Å². The number of nitrogens with zero attached hydrogens (tertiary/aromatic N) is 2. The molecule has 0 spiro atoms. The lowest BCUT2D eigenvalue weighted by atomic mass is 9.98. The van der Waals surface area contributed by atoms with Crippen LogP contribution in [0.4, 0.5) is 4.39 Å². The van der Waals surface area contributed by atoms with Crippen molar-refractivity contribution in [1.82, 2.24) is 5.01 Å². The van der Waals surface area contributed by atoms with E-state index in [-0.39, 0.29) is 18.7 Å². The molecular formula is C21H21FN2O5. The molecule has 2 aromatic rings. The van der Waals surface area contributed by atoms with Crippen molar-refractivity contribution in [1.29, 1.82) is 0 Å². The van der Waals surface area contributed by atoms with E-state index in [0.29, 0.717) is 29.2 Å². The summed E-state index contributed by atoms with van der Waals surface area (Å²) in [5, 5.41) is 14.6. The number of hydrogen-bond acceptors (Lipinski definition) is 5. The van der Waals surface area contributed by atoms with Gasteiger partial charge in [-0.2, -0.15) is 5.10 Å². The van der Waals surface area contributed by atoms with E-state index in [2.05, 4.69) is 5.10 Å². The number of rotatable bonds is 7. The number of carboxylic acid groups (broad SMARTS) is 1. The summed E-state index contributed by atoms with van der Waals surface area (Å²) in [5.41, 5.74) is 2.11. The minimum atomic E-state index is -1.06. The molecule has 1 aliphatic rings. The Kier molecular flexibility index (Phi) is 6.11. The number of aliphatic carboxylic acids is 1. The van der Waals surface area contributed by atoms with Gasteiger partial charge in [0.15, 0.2) is 11.5 Å². The summed E-state index contributed by atoms with van der Waals surface area (Å²) in [5.74, 6) is -0.741. The Morgan fingerprint density at radius 3 is 2.41 bits per heavy atom. The highest BCUT2D eigenvalue weighted by molar-refractivity contribution is 6.03. The zero-order valence-electron chi connectivity index (χ0n) is 16.1. The normalized spacial score (nSPS) is 15.8. The van der Waals surface area contributed by atoms with Gasteiger partial charge in [-0.15, -0.1) is 0 Å². The third-order valence-corrected chi connectivity index (χ3v) is 4.69. The zero-order chi connectivity index (χ0) is 21.0. The van der Waals surface area contributed by atoms with Crippen LogP contribution in [0, 0.1) is 5.82 Å². The van der Waals surface area contributed by atoms with Gasteiger partial charge in [0.2, 0.25) is 5.91 Å². The maximum atomic E-state index is 13.3. The summed E-state index contributed by atoms with van der Waals surface area (Å²) in [4.78, 5) is 23.5. The van der Waals surface area contributed by atoms with Crippen LogP contribution in [-0.2, 0) is 9.59 Å². The monoisotopic (exact) mass is 400 g/mol. The maximum absolute atomic E-state index is 13.3. The summed E-state index contributed by atoms with van der Waals surface area (Å²) in [6.07, 6.45) is -0.0532. The van der Waals surface area contributed by atoms with Gasteiger partial charge in [0.05, 0.1) is 32.4 Å². The van der Waals surface area contributed by atoms with Gasteiger partial charge in [-0.05, 0) is 35.9 Å². The number of hydrazone groups is 1. The Morgan fingerprint density at radius 2 is 1.79 bits per heavy atom. The molecule has 0 saturated heterocycles. The van der Waals surface area contributed by atoms with Crippen molar-refractivity contribution in [3.8, 4) is 11.5 Å². The van der Waals surface area contributed by atoms with Gasteiger partial charge in [0.25, 0.3) is 0 Å². The highest BCUT2D eigenvalue weighted by Gasteiger charge is 2.33. The van der Waals surface area contributed by atoms with Crippen molar-refractivity contribution >= 4 is 17.6 Å². The second-order valence-electron chi connectivity index (χ2n) is 6.52. The Bertz CT molecular complexity index is 943. The van der Waals surface area contributed by atoms with Gasteiger partial charge in [-0.3, -0.25) is 9.59 Å². The van der Waals surface area contributed by atoms with E-state index in [1.807, 2.05) is 6.07 Å². The number of methoxy groups -OCH3 is 2. The van der Waals surface area contributed by atoms with E-state index in [9.17, 15) is 14.0 Å². The quantitative estimate of drug-likeness (QED) is 0.770. The molecule has 1 N–H and O–H groups in total. The molecule has 29 heavy (non-hydrogen) atoms. The lowest BCUT2D eigenvalue weighted by molar-refractivity contribution is -0.141. The molecule has 0 aromatic heterocycles. The fourth-order valence-corrected chi connectivity index (χ4v) is 3.20. The first kappa shape index (κ1) is 20.3. The summed E-state index contributed by atoms with van der Waals surface area (Å²) in [6, 6.07) is 10.7. The summed E-state index contributed by atoms with van der Waals surface area (Å²) >= 11 is 0. The van der Waals surface area contributed by atoms with Crippen molar-refractivity contribution in [3.05, 3.63) is 59.4 Å². The Hall–Kier alpha value is -3.42. The van der Waals surface area contributed by atoms with E-state index >= 15 is 0 Å². The molecule has 0 saturated carbocycles. The van der Waals surface area contributed by atoms with Crippen LogP contribution in [0.25, 0.3) is 0 Å². The van der Waals surface area contributed by atoms with E-state index in [4.69, 9.17) is 14.6 Å². The van der Waals surface area contributed by atoms with Gasteiger partial charge >= 0.3 is 5.97 Å². The van der Waals surface area contributed by atoms with Crippen LogP contribution < -0.4 is 9.47 Å². The van der Waals surface area contributed by atoms with Gasteiger partial charge < -0.3 is 14.6 Å². The van der Waals surface area contributed by atoms with Gasteiger partial charge in [-0.1, -0.05) is 12.1 Å². The van der Waals surface area contributed by atoms with Crippen LogP contribution in [0.5, 0.6) is 11.5 Å². The molecule has 0 unspecified atom stereocenters. The molecule has 0 radical (unpaired) electrons.